The van der Waals surface area contributed by atoms with Crippen LogP contribution in [0.1, 0.15) is 26.7 Å². The highest BCUT2D eigenvalue weighted by Crippen LogP contribution is 2.33. The summed E-state index contributed by atoms with van der Waals surface area (Å²) in [6, 6.07) is 23.8. The summed E-state index contributed by atoms with van der Waals surface area (Å²) in [5, 5.41) is 4.20. The zero-order valence-corrected chi connectivity index (χ0v) is 24.6. The standard InChI is InChI=1S/C26H15FI3N3S/c27-14-3-1-13(2-4-14)23-15-5-6-16(31-15)24(28)17-7-8-18(32-17)25(29)19-9-10-20(33-19)26(30)22-12-11-21(23)34-22/h1-12,31-33H. The highest BCUT2D eigenvalue weighted by molar-refractivity contribution is 14.1. The van der Waals surface area contributed by atoms with E-state index in [1.807, 2.05) is 12.1 Å². The van der Waals surface area contributed by atoms with E-state index in [1.165, 1.54) is 17.0 Å². The highest BCUT2D eigenvalue weighted by Gasteiger charge is 2.14. The molecule has 0 aliphatic carbocycles. The number of benzene rings is 1. The van der Waals surface area contributed by atoms with E-state index in [0.717, 1.165) is 59.5 Å². The summed E-state index contributed by atoms with van der Waals surface area (Å²) in [6.07, 6.45) is 0. The number of thiophene rings is 1. The van der Waals surface area contributed by atoms with Crippen molar-refractivity contribution in [3.05, 3.63) is 127 Å². The lowest BCUT2D eigenvalue weighted by Crippen LogP contribution is -2.15. The zero-order valence-electron chi connectivity index (χ0n) is 17.3. The molecule has 168 valence electrons. The monoisotopic (exact) mass is 801 g/mol. The molecule has 0 amide bonds. The number of halogens is 4. The number of rotatable bonds is 1. The number of H-pyrrole nitrogens is 3. The van der Waals surface area contributed by atoms with Gasteiger partial charge in [-0.15, -0.1) is 11.3 Å². The number of aromatic nitrogens is 3. The minimum Gasteiger partial charge on any atom is -0.354 e. The summed E-state index contributed by atoms with van der Waals surface area (Å²) in [4.78, 5) is 13.1. The van der Waals surface area contributed by atoms with Crippen molar-refractivity contribution in [1.82, 2.24) is 15.0 Å². The summed E-state index contributed by atoms with van der Waals surface area (Å²) < 4.78 is 17.1. The third-order valence-electron chi connectivity index (χ3n) is 5.71. The molecule has 3 nitrogen and oxygen atoms in total. The first kappa shape index (κ1) is 22.8. The van der Waals surface area contributed by atoms with Gasteiger partial charge in [-0.2, -0.15) is 0 Å². The quantitative estimate of drug-likeness (QED) is 0.196. The Morgan fingerprint density at radius 3 is 1.71 bits per heavy atom. The maximum Gasteiger partial charge on any atom is 0.123 e. The lowest BCUT2D eigenvalue weighted by Gasteiger charge is -2.05. The van der Waals surface area contributed by atoms with Crippen LogP contribution in [0.2, 0.25) is 0 Å². The van der Waals surface area contributed by atoms with Crippen molar-refractivity contribution in [3.8, 4) is 0 Å². The largest absolute Gasteiger partial charge is 0.354 e. The predicted octanol–water partition coefficient (Wildman–Crippen LogP) is 5.21. The van der Waals surface area contributed by atoms with Gasteiger partial charge in [0, 0.05) is 20.7 Å². The van der Waals surface area contributed by atoms with E-state index in [9.17, 15) is 4.39 Å². The molecule has 1 aliphatic heterocycles. The molecular weight excluding hydrogens is 786 g/mol. The minimum absolute atomic E-state index is 0.237. The van der Waals surface area contributed by atoms with E-state index in [-0.39, 0.29) is 5.82 Å². The molecule has 8 heteroatoms. The number of hydrogen-bond donors (Lipinski definition) is 3. The van der Waals surface area contributed by atoms with Gasteiger partial charge in [0.05, 0.1) is 38.2 Å². The number of fused-ring (bicyclic) bond motifs is 8. The molecule has 0 unspecified atom stereocenters. The predicted molar refractivity (Wildman–Crippen MR) is 163 cm³/mol. The fourth-order valence-electron chi connectivity index (χ4n) is 4.03. The summed E-state index contributed by atoms with van der Waals surface area (Å²) >= 11 is 8.93. The number of aromatic amines is 3. The van der Waals surface area contributed by atoms with Gasteiger partial charge < -0.3 is 15.0 Å². The Balaban J connectivity index is 1.73. The molecule has 0 fully saturated rings. The van der Waals surface area contributed by atoms with Crippen LogP contribution in [0.3, 0.4) is 0 Å². The van der Waals surface area contributed by atoms with Crippen molar-refractivity contribution in [1.29, 1.82) is 0 Å². The van der Waals surface area contributed by atoms with Gasteiger partial charge in [-0.05, 0) is 134 Å². The fourth-order valence-corrected chi connectivity index (χ4v) is 7.15. The van der Waals surface area contributed by atoms with Crippen LogP contribution in [0.15, 0.2) is 72.8 Å². The average Bonchev–Trinajstić information content (AvgIpc) is 3.65. The van der Waals surface area contributed by atoms with Crippen molar-refractivity contribution in [2.24, 2.45) is 0 Å². The van der Waals surface area contributed by atoms with Crippen LogP contribution >= 0.6 is 79.1 Å². The van der Waals surface area contributed by atoms with Crippen LogP contribution in [-0.4, -0.2) is 15.0 Å². The molecule has 3 N–H and O–H groups in total. The second-order valence-corrected chi connectivity index (χ2v) is 12.2. The Kier molecular flexibility index (Phi) is 6.10. The van der Waals surface area contributed by atoms with Crippen molar-refractivity contribution in [2.45, 2.75) is 0 Å². The first-order chi connectivity index (χ1) is 16.5. The van der Waals surface area contributed by atoms with Gasteiger partial charge in [0.15, 0.2) is 0 Å². The molecule has 0 atom stereocenters. The third-order valence-corrected chi connectivity index (χ3v) is 10.7. The first-order valence-corrected chi connectivity index (χ1v) is 14.4. The number of hydrogen-bond acceptors (Lipinski definition) is 1. The van der Waals surface area contributed by atoms with Gasteiger partial charge in [0.25, 0.3) is 0 Å². The highest BCUT2D eigenvalue weighted by atomic mass is 127. The Hall–Kier alpha value is -1.64. The van der Waals surface area contributed by atoms with Gasteiger partial charge >= 0.3 is 0 Å². The van der Waals surface area contributed by atoms with Crippen LogP contribution in [0.4, 0.5) is 4.39 Å². The average molecular weight is 801 g/mol. The normalized spacial score (nSPS) is 13.6. The molecule has 5 heterocycles. The van der Waals surface area contributed by atoms with E-state index < -0.39 is 0 Å². The van der Waals surface area contributed by atoms with Crippen molar-refractivity contribution in [3.63, 3.8) is 0 Å². The summed E-state index contributed by atoms with van der Waals surface area (Å²) in [5.74, 6) is -0.237. The van der Waals surface area contributed by atoms with Gasteiger partial charge in [-0.3, -0.25) is 0 Å². The molecule has 5 aromatic rings. The molecule has 0 radical (unpaired) electrons. The molecule has 1 aromatic carbocycles. The van der Waals surface area contributed by atoms with E-state index in [0.29, 0.717) is 0 Å². The molecule has 1 aliphatic rings. The third kappa shape index (κ3) is 4.05. The molecule has 0 saturated heterocycles. The Morgan fingerprint density at radius 2 is 1.06 bits per heavy atom. The van der Waals surface area contributed by atoms with Crippen LogP contribution in [0, 0.1) is 5.82 Å². The summed E-state index contributed by atoms with van der Waals surface area (Å²) in [7, 11) is 0. The Labute approximate surface area is 239 Å². The molecule has 4 aromatic heterocycles. The van der Waals surface area contributed by atoms with Crippen molar-refractivity contribution in [2.75, 3.05) is 0 Å². The van der Waals surface area contributed by atoms with Crippen LogP contribution in [-0.2, 0) is 0 Å². The second kappa shape index (κ2) is 9.10. The van der Waals surface area contributed by atoms with Crippen LogP contribution in [0.25, 0.3) is 16.3 Å². The minimum atomic E-state index is -0.237. The maximum absolute atomic E-state index is 13.7. The van der Waals surface area contributed by atoms with Gasteiger partial charge in [0.1, 0.15) is 5.82 Å². The van der Waals surface area contributed by atoms with Crippen molar-refractivity contribution < 1.29 is 4.39 Å². The van der Waals surface area contributed by atoms with E-state index in [1.54, 1.807) is 11.3 Å². The Bertz CT molecular complexity index is 1800. The molecule has 8 bridgehead atoms. The second-order valence-electron chi connectivity index (χ2n) is 7.84. The van der Waals surface area contributed by atoms with Crippen LogP contribution < -0.4 is 21.4 Å². The lowest BCUT2D eigenvalue weighted by atomic mass is 10.0. The molecule has 0 spiro atoms. The molecule has 0 saturated carbocycles. The topological polar surface area (TPSA) is 47.4 Å². The Morgan fingerprint density at radius 1 is 0.529 bits per heavy atom. The number of nitrogens with one attached hydrogen (secondary N) is 3. The fraction of sp³-hybridized carbons (Fsp3) is 0. The lowest BCUT2D eigenvalue weighted by molar-refractivity contribution is 0.627. The van der Waals surface area contributed by atoms with Gasteiger partial charge in [-0.25, -0.2) is 4.39 Å². The van der Waals surface area contributed by atoms with E-state index in [2.05, 4.69) is 131 Å². The zero-order chi connectivity index (χ0) is 23.4. The first-order valence-electron chi connectivity index (χ1n) is 10.4. The molecular formula is C26H15FI3N3S. The smallest absolute Gasteiger partial charge is 0.123 e. The van der Waals surface area contributed by atoms with Crippen LogP contribution in [0.5, 0.6) is 0 Å². The summed E-state index contributed by atoms with van der Waals surface area (Å²) in [5.41, 5.74) is 4.16. The SMILES string of the molecule is Fc1ccc(C2=c3ccc([nH]3)=C(I)c3ccc([nH]3)C(I)=c3ccc([nH]3)=C(I)c3ccc2s3)cc1. The van der Waals surface area contributed by atoms with Gasteiger partial charge in [-0.1, -0.05) is 12.1 Å². The molecule has 34 heavy (non-hydrogen) atoms. The maximum atomic E-state index is 13.7. The van der Waals surface area contributed by atoms with E-state index in [4.69, 9.17) is 0 Å². The summed E-state index contributed by atoms with van der Waals surface area (Å²) in [6.45, 7) is 0. The molecule has 6 rings (SSSR count). The van der Waals surface area contributed by atoms with Gasteiger partial charge in [0.2, 0.25) is 0 Å². The van der Waals surface area contributed by atoms with E-state index >= 15 is 0 Å². The van der Waals surface area contributed by atoms with Crippen molar-refractivity contribution >= 4 is 95.4 Å².